The van der Waals surface area contributed by atoms with Crippen molar-refractivity contribution in [1.29, 1.82) is 0 Å². The van der Waals surface area contributed by atoms with E-state index in [4.69, 9.17) is 5.11 Å². The van der Waals surface area contributed by atoms with Crippen LogP contribution in [0.3, 0.4) is 0 Å². The van der Waals surface area contributed by atoms with Crippen LogP contribution < -0.4 is 0 Å². The average Bonchev–Trinajstić information content (AvgIpc) is 2.11. The highest BCUT2D eigenvalue weighted by Gasteiger charge is 2.38. The Balaban J connectivity index is 5.17. The van der Waals surface area contributed by atoms with Gasteiger partial charge in [0.05, 0.1) is 6.54 Å². The molecule has 0 spiro atoms. The van der Waals surface area contributed by atoms with E-state index in [0.717, 1.165) is 4.90 Å². The fraction of sp³-hybridized carbons (Fsp3) is 0.750. The fourth-order valence-corrected chi connectivity index (χ4v) is 2.14. The van der Waals surface area contributed by atoms with Gasteiger partial charge in [-0.05, 0) is 0 Å². The van der Waals surface area contributed by atoms with Crippen LogP contribution in [0.2, 0.25) is 0 Å². The number of amides is 1. The summed E-state index contributed by atoms with van der Waals surface area (Å²) in [6.07, 6.45) is -4.88. The van der Waals surface area contributed by atoms with E-state index >= 15 is 0 Å². The molecule has 0 saturated heterocycles. The summed E-state index contributed by atoms with van der Waals surface area (Å²) >= 11 is 0. The molecule has 0 saturated carbocycles. The maximum absolute atomic E-state index is 12.2. The van der Waals surface area contributed by atoms with E-state index in [9.17, 15) is 31.2 Å². The molecule has 0 atom stereocenters. The van der Waals surface area contributed by atoms with E-state index < -0.39 is 46.9 Å². The number of hydrogen-bond acceptors (Lipinski definition) is 4. The highest BCUT2D eigenvalue weighted by atomic mass is 32.2. The van der Waals surface area contributed by atoms with Crippen LogP contribution in [0.5, 0.6) is 0 Å². The first-order valence-corrected chi connectivity index (χ1v) is 6.42. The number of carbonyl (C=O) groups excluding carboxylic acids is 1. The van der Waals surface area contributed by atoms with Crippen molar-refractivity contribution in [3.8, 4) is 0 Å². The van der Waals surface area contributed by atoms with Gasteiger partial charge in [-0.15, -0.1) is 0 Å². The van der Waals surface area contributed by atoms with E-state index in [0.29, 0.717) is 0 Å². The first-order valence-electron chi connectivity index (χ1n) is 4.81. The second-order valence-electron chi connectivity index (χ2n) is 3.82. The zero-order valence-corrected chi connectivity index (χ0v) is 11.0. The number of rotatable bonds is 6. The fourth-order valence-electron chi connectivity index (χ4n) is 0.992. The minimum absolute atomic E-state index is 0.191. The number of aliphatic carboxylic acids is 1. The Morgan fingerprint density at radius 1 is 1.21 bits per heavy atom. The molecule has 1 amide bonds. The molecule has 0 fully saturated rings. The van der Waals surface area contributed by atoms with E-state index in [-0.39, 0.29) is 4.31 Å². The van der Waals surface area contributed by atoms with Gasteiger partial charge in [0.2, 0.25) is 15.9 Å². The predicted octanol–water partition coefficient (Wildman–Crippen LogP) is -0.647. The van der Waals surface area contributed by atoms with Crippen LogP contribution in [0, 0.1) is 0 Å². The topological polar surface area (TPSA) is 95.0 Å². The molecule has 0 unspecified atom stereocenters. The van der Waals surface area contributed by atoms with Crippen molar-refractivity contribution in [3.63, 3.8) is 0 Å². The van der Waals surface area contributed by atoms with Crippen molar-refractivity contribution >= 4 is 21.9 Å². The standard InChI is InChI=1S/C8H13F3N2O5S/c1-12(2)6(14)3-13(5-8(9,10)11)19(17,18)4-7(15)16/h3-5H2,1-2H3,(H,15,16). The van der Waals surface area contributed by atoms with E-state index in [1.54, 1.807) is 0 Å². The summed E-state index contributed by atoms with van der Waals surface area (Å²) in [7, 11) is -2.25. The molecule has 7 nitrogen and oxygen atoms in total. The van der Waals surface area contributed by atoms with E-state index in [2.05, 4.69) is 0 Å². The van der Waals surface area contributed by atoms with Gasteiger partial charge in [-0.25, -0.2) is 8.42 Å². The Kier molecular flexibility index (Phi) is 5.75. The van der Waals surface area contributed by atoms with E-state index in [1.807, 2.05) is 0 Å². The summed E-state index contributed by atoms with van der Waals surface area (Å²) in [6.45, 7) is -2.98. The number of nitrogens with zero attached hydrogens (tertiary/aromatic N) is 2. The second-order valence-corrected chi connectivity index (χ2v) is 5.79. The van der Waals surface area contributed by atoms with Gasteiger partial charge in [0.25, 0.3) is 0 Å². The number of carbonyl (C=O) groups is 2. The largest absolute Gasteiger partial charge is 0.480 e. The van der Waals surface area contributed by atoms with Gasteiger partial charge in [0.15, 0.2) is 5.75 Å². The molecular weight excluding hydrogens is 293 g/mol. The zero-order valence-electron chi connectivity index (χ0n) is 10.1. The molecule has 0 aliphatic rings. The number of halogens is 3. The van der Waals surface area contributed by atoms with Gasteiger partial charge in [-0.1, -0.05) is 0 Å². The average molecular weight is 306 g/mol. The Bertz CT molecular complexity index is 446. The minimum atomic E-state index is -4.88. The molecule has 0 bridgehead atoms. The number of hydrogen-bond donors (Lipinski definition) is 1. The number of alkyl halides is 3. The first-order chi connectivity index (χ1) is 8.35. The summed E-state index contributed by atoms with van der Waals surface area (Å²) in [4.78, 5) is 22.5. The molecule has 0 rings (SSSR count). The Labute approximate surface area is 107 Å². The Morgan fingerprint density at radius 2 is 1.68 bits per heavy atom. The molecule has 112 valence electrons. The first kappa shape index (κ1) is 17.6. The lowest BCUT2D eigenvalue weighted by molar-refractivity contribution is -0.142. The number of carboxylic acid groups (broad SMARTS) is 1. The van der Waals surface area contributed by atoms with Crippen LogP contribution in [0.25, 0.3) is 0 Å². The Morgan fingerprint density at radius 3 is 2.00 bits per heavy atom. The lowest BCUT2D eigenvalue weighted by atomic mass is 10.5. The van der Waals surface area contributed by atoms with Gasteiger partial charge in [-0.3, -0.25) is 9.59 Å². The highest BCUT2D eigenvalue weighted by Crippen LogP contribution is 2.18. The maximum atomic E-state index is 12.2. The minimum Gasteiger partial charge on any atom is -0.480 e. The zero-order chi connectivity index (χ0) is 15.4. The van der Waals surface area contributed by atoms with Crippen molar-refractivity contribution in [2.75, 3.05) is 32.9 Å². The molecule has 0 aromatic carbocycles. The van der Waals surface area contributed by atoms with Gasteiger partial charge >= 0.3 is 12.1 Å². The van der Waals surface area contributed by atoms with Gasteiger partial charge < -0.3 is 10.0 Å². The number of likely N-dealkylation sites (N-methyl/N-ethyl adjacent to an activating group) is 1. The summed E-state index contributed by atoms with van der Waals surface area (Å²) in [5, 5.41) is 8.36. The molecule has 0 aromatic heterocycles. The molecular formula is C8H13F3N2O5S. The van der Waals surface area contributed by atoms with Gasteiger partial charge in [-0.2, -0.15) is 17.5 Å². The van der Waals surface area contributed by atoms with Crippen molar-refractivity contribution in [1.82, 2.24) is 9.21 Å². The number of carboxylic acids is 1. The van der Waals surface area contributed by atoms with Crippen LogP contribution in [0.15, 0.2) is 0 Å². The molecule has 19 heavy (non-hydrogen) atoms. The molecule has 0 radical (unpaired) electrons. The SMILES string of the molecule is CN(C)C(=O)CN(CC(F)(F)F)S(=O)(=O)CC(=O)O. The third-order valence-electron chi connectivity index (χ3n) is 1.87. The van der Waals surface area contributed by atoms with Crippen LogP contribution >= 0.6 is 0 Å². The highest BCUT2D eigenvalue weighted by molar-refractivity contribution is 7.89. The van der Waals surface area contributed by atoms with Crippen LogP contribution in [0.1, 0.15) is 0 Å². The summed E-state index contributed by atoms with van der Waals surface area (Å²) in [5.74, 6) is -4.20. The van der Waals surface area contributed by atoms with Crippen molar-refractivity contribution < 1.29 is 36.3 Å². The third kappa shape index (κ3) is 6.96. The quantitative estimate of drug-likeness (QED) is 0.704. The van der Waals surface area contributed by atoms with E-state index in [1.165, 1.54) is 14.1 Å². The molecule has 0 heterocycles. The molecule has 1 N–H and O–H groups in total. The molecule has 0 aliphatic heterocycles. The normalized spacial score (nSPS) is 12.5. The predicted molar refractivity (Wildman–Crippen MR) is 57.7 cm³/mol. The summed E-state index contributed by atoms with van der Waals surface area (Å²) in [6, 6.07) is 0. The lowest BCUT2D eigenvalue weighted by Gasteiger charge is -2.23. The number of sulfonamides is 1. The summed E-state index contributed by atoms with van der Waals surface area (Å²) < 4.78 is 59.5. The lowest BCUT2D eigenvalue weighted by Crippen LogP contribution is -2.46. The van der Waals surface area contributed by atoms with Crippen LogP contribution in [-0.2, 0) is 19.6 Å². The van der Waals surface area contributed by atoms with Gasteiger partial charge in [0, 0.05) is 14.1 Å². The van der Waals surface area contributed by atoms with Crippen molar-refractivity contribution in [3.05, 3.63) is 0 Å². The molecule has 11 heteroatoms. The van der Waals surface area contributed by atoms with Crippen molar-refractivity contribution in [2.45, 2.75) is 6.18 Å². The van der Waals surface area contributed by atoms with Crippen molar-refractivity contribution in [2.24, 2.45) is 0 Å². The second kappa shape index (κ2) is 6.19. The molecule has 0 aliphatic carbocycles. The van der Waals surface area contributed by atoms with Crippen LogP contribution in [-0.4, -0.2) is 73.7 Å². The third-order valence-corrected chi connectivity index (χ3v) is 3.52. The summed E-state index contributed by atoms with van der Waals surface area (Å²) in [5.41, 5.74) is 0. The smallest absolute Gasteiger partial charge is 0.402 e. The van der Waals surface area contributed by atoms with Crippen LogP contribution in [0.4, 0.5) is 13.2 Å². The Hall–Kier alpha value is -1.36. The maximum Gasteiger partial charge on any atom is 0.402 e. The molecule has 0 aromatic rings. The monoisotopic (exact) mass is 306 g/mol. The van der Waals surface area contributed by atoms with Gasteiger partial charge in [0.1, 0.15) is 6.54 Å².